The predicted octanol–water partition coefficient (Wildman–Crippen LogP) is 2.21. The summed E-state index contributed by atoms with van der Waals surface area (Å²) in [7, 11) is -3.58. The van der Waals surface area contributed by atoms with E-state index in [2.05, 4.69) is 9.71 Å². The molecule has 2 heterocycles. The normalized spacial score (nSPS) is 11.7. The summed E-state index contributed by atoms with van der Waals surface area (Å²) in [5.74, 6) is 0.645. The number of hydrogen-bond donors (Lipinski definition) is 1. The quantitative estimate of drug-likeness (QED) is 0.752. The lowest BCUT2D eigenvalue weighted by Crippen LogP contribution is -2.23. The molecule has 0 saturated carbocycles. The second-order valence-corrected chi connectivity index (χ2v) is 6.69. The van der Waals surface area contributed by atoms with Gasteiger partial charge in [0.05, 0.1) is 23.7 Å². The Hall–Kier alpha value is -2.38. The van der Waals surface area contributed by atoms with Gasteiger partial charge in [0.2, 0.25) is 10.0 Å². The van der Waals surface area contributed by atoms with Crippen molar-refractivity contribution in [3.8, 4) is 5.75 Å². The van der Waals surface area contributed by atoms with E-state index in [-0.39, 0.29) is 11.4 Å². The lowest BCUT2D eigenvalue weighted by molar-refractivity contribution is 0.340. The van der Waals surface area contributed by atoms with E-state index in [1.807, 2.05) is 35.7 Å². The highest BCUT2D eigenvalue weighted by molar-refractivity contribution is 7.89. The minimum absolute atomic E-state index is 0.136. The number of nitrogens with zero attached hydrogens (tertiary/aromatic N) is 2. The molecule has 1 aromatic carbocycles. The summed E-state index contributed by atoms with van der Waals surface area (Å²) < 4.78 is 34.3. The number of hydrogen-bond acceptors (Lipinski definition) is 4. The third-order valence-electron chi connectivity index (χ3n) is 3.30. The summed E-state index contributed by atoms with van der Waals surface area (Å²) in [5.41, 5.74) is 1.44. The Bertz CT molecular complexity index is 869. The monoisotopic (exact) mass is 331 g/mol. The molecule has 0 saturated heterocycles. The van der Waals surface area contributed by atoms with E-state index < -0.39 is 10.0 Å². The van der Waals surface area contributed by atoms with Crippen molar-refractivity contribution >= 4 is 15.7 Å². The van der Waals surface area contributed by atoms with Crippen molar-refractivity contribution in [1.82, 2.24) is 14.1 Å². The van der Waals surface area contributed by atoms with E-state index >= 15 is 0 Å². The van der Waals surface area contributed by atoms with Gasteiger partial charge in [-0.1, -0.05) is 6.07 Å². The van der Waals surface area contributed by atoms with Gasteiger partial charge < -0.3 is 9.14 Å². The molecule has 3 aromatic rings. The molecule has 0 amide bonds. The molecule has 0 aliphatic carbocycles. The summed E-state index contributed by atoms with van der Waals surface area (Å²) in [6, 6.07) is 12.0. The third-order valence-corrected chi connectivity index (χ3v) is 4.72. The Morgan fingerprint density at radius 2 is 1.96 bits per heavy atom. The number of sulfonamides is 1. The standard InChI is InChI=1S/C16H17N3O3S/c1-2-22-14-6-8-15(9-7-14)23(20,21)17-11-13-12-19-10-4-3-5-16(19)18-13/h3-10,12,17H,2,11H2,1H3. The Morgan fingerprint density at radius 3 is 2.65 bits per heavy atom. The van der Waals surface area contributed by atoms with Gasteiger partial charge in [-0.15, -0.1) is 0 Å². The van der Waals surface area contributed by atoms with Crippen molar-refractivity contribution in [2.45, 2.75) is 18.4 Å². The molecule has 0 radical (unpaired) electrons. The molecule has 0 aliphatic heterocycles. The molecule has 0 fully saturated rings. The zero-order valence-electron chi connectivity index (χ0n) is 12.6. The van der Waals surface area contributed by atoms with E-state index in [0.29, 0.717) is 18.1 Å². The molecule has 7 heteroatoms. The summed E-state index contributed by atoms with van der Waals surface area (Å²) in [5, 5.41) is 0. The first kappa shape index (κ1) is 15.5. The van der Waals surface area contributed by atoms with Gasteiger partial charge in [0.25, 0.3) is 0 Å². The highest BCUT2D eigenvalue weighted by atomic mass is 32.2. The molecule has 2 aromatic heterocycles. The fourth-order valence-corrected chi connectivity index (χ4v) is 3.21. The number of nitrogens with one attached hydrogen (secondary N) is 1. The van der Waals surface area contributed by atoms with Crippen molar-refractivity contribution in [3.63, 3.8) is 0 Å². The van der Waals surface area contributed by atoms with Crippen LogP contribution in [-0.2, 0) is 16.6 Å². The fraction of sp³-hybridized carbons (Fsp3) is 0.188. The van der Waals surface area contributed by atoms with Crippen LogP contribution >= 0.6 is 0 Å². The number of ether oxygens (including phenoxy) is 1. The van der Waals surface area contributed by atoms with Crippen LogP contribution in [0.5, 0.6) is 5.75 Å². The van der Waals surface area contributed by atoms with Crippen LogP contribution < -0.4 is 9.46 Å². The highest BCUT2D eigenvalue weighted by Crippen LogP contribution is 2.16. The first-order chi connectivity index (χ1) is 11.1. The van der Waals surface area contributed by atoms with Crippen LogP contribution in [0, 0.1) is 0 Å². The molecule has 0 atom stereocenters. The minimum atomic E-state index is -3.58. The van der Waals surface area contributed by atoms with Crippen molar-refractivity contribution < 1.29 is 13.2 Å². The summed E-state index contributed by atoms with van der Waals surface area (Å²) in [6.45, 7) is 2.55. The summed E-state index contributed by atoms with van der Waals surface area (Å²) in [6.07, 6.45) is 3.67. The summed E-state index contributed by atoms with van der Waals surface area (Å²) in [4.78, 5) is 4.56. The predicted molar refractivity (Wildman–Crippen MR) is 86.8 cm³/mol. The van der Waals surface area contributed by atoms with Gasteiger partial charge in [0.1, 0.15) is 11.4 Å². The number of imidazole rings is 1. The Morgan fingerprint density at radius 1 is 1.17 bits per heavy atom. The lowest BCUT2D eigenvalue weighted by Gasteiger charge is -2.07. The van der Waals surface area contributed by atoms with Crippen LogP contribution in [0.2, 0.25) is 0 Å². The number of fused-ring (bicyclic) bond motifs is 1. The van der Waals surface area contributed by atoms with Gasteiger partial charge in [-0.05, 0) is 43.3 Å². The van der Waals surface area contributed by atoms with E-state index in [9.17, 15) is 8.42 Å². The number of aromatic nitrogens is 2. The Kier molecular flexibility index (Phi) is 4.31. The second kappa shape index (κ2) is 6.39. The van der Waals surface area contributed by atoms with Crippen molar-refractivity contribution in [1.29, 1.82) is 0 Å². The lowest BCUT2D eigenvalue weighted by atomic mass is 10.3. The van der Waals surface area contributed by atoms with E-state index in [4.69, 9.17) is 4.74 Å². The maximum Gasteiger partial charge on any atom is 0.240 e. The number of pyridine rings is 1. The molecule has 120 valence electrons. The molecule has 0 unspecified atom stereocenters. The van der Waals surface area contributed by atoms with Gasteiger partial charge >= 0.3 is 0 Å². The van der Waals surface area contributed by atoms with Gasteiger partial charge in [-0.2, -0.15) is 0 Å². The minimum Gasteiger partial charge on any atom is -0.494 e. The Balaban J connectivity index is 1.72. The van der Waals surface area contributed by atoms with E-state index in [1.54, 1.807) is 18.3 Å². The van der Waals surface area contributed by atoms with Crippen LogP contribution in [-0.4, -0.2) is 24.4 Å². The van der Waals surface area contributed by atoms with Gasteiger partial charge in [0, 0.05) is 12.4 Å². The van der Waals surface area contributed by atoms with Crippen LogP contribution in [0.15, 0.2) is 59.8 Å². The molecule has 0 spiro atoms. The Labute approximate surface area is 134 Å². The van der Waals surface area contributed by atoms with Crippen molar-refractivity contribution in [2.24, 2.45) is 0 Å². The maximum atomic E-state index is 12.3. The molecule has 0 bridgehead atoms. The van der Waals surface area contributed by atoms with Crippen LogP contribution in [0.3, 0.4) is 0 Å². The van der Waals surface area contributed by atoms with Crippen molar-refractivity contribution in [2.75, 3.05) is 6.61 Å². The highest BCUT2D eigenvalue weighted by Gasteiger charge is 2.14. The first-order valence-corrected chi connectivity index (χ1v) is 8.72. The van der Waals surface area contributed by atoms with Gasteiger partial charge in [-0.25, -0.2) is 18.1 Å². The van der Waals surface area contributed by atoms with Crippen LogP contribution in [0.4, 0.5) is 0 Å². The van der Waals surface area contributed by atoms with Crippen LogP contribution in [0.1, 0.15) is 12.6 Å². The number of benzene rings is 1. The maximum absolute atomic E-state index is 12.3. The third kappa shape index (κ3) is 3.52. The SMILES string of the molecule is CCOc1ccc(S(=O)(=O)NCc2cn3ccccc3n2)cc1. The zero-order valence-corrected chi connectivity index (χ0v) is 13.5. The van der Waals surface area contributed by atoms with Gasteiger partial charge in [0.15, 0.2) is 0 Å². The topological polar surface area (TPSA) is 72.7 Å². The van der Waals surface area contributed by atoms with Crippen molar-refractivity contribution in [3.05, 3.63) is 60.6 Å². The average molecular weight is 331 g/mol. The molecular weight excluding hydrogens is 314 g/mol. The molecule has 0 aliphatic rings. The first-order valence-electron chi connectivity index (χ1n) is 7.23. The zero-order chi connectivity index (χ0) is 16.3. The van der Waals surface area contributed by atoms with Crippen LogP contribution in [0.25, 0.3) is 5.65 Å². The largest absolute Gasteiger partial charge is 0.494 e. The fourth-order valence-electron chi connectivity index (χ4n) is 2.21. The number of rotatable bonds is 6. The van der Waals surface area contributed by atoms with E-state index in [0.717, 1.165) is 5.65 Å². The van der Waals surface area contributed by atoms with Gasteiger partial charge in [-0.3, -0.25) is 0 Å². The van der Waals surface area contributed by atoms with E-state index in [1.165, 1.54) is 12.1 Å². The second-order valence-electron chi connectivity index (χ2n) is 4.93. The molecule has 6 nitrogen and oxygen atoms in total. The smallest absolute Gasteiger partial charge is 0.240 e. The summed E-state index contributed by atoms with van der Waals surface area (Å²) >= 11 is 0. The molecule has 3 rings (SSSR count). The molecular formula is C16H17N3O3S. The average Bonchev–Trinajstić information content (AvgIpc) is 2.97. The molecule has 23 heavy (non-hydrogen) atoms. The molecule has 1 N–H and O–H groups in total.